The number of methoxy groups -OCH3 is 2. The Morgan fingerprint density at radius 3 is 2.41 bits per heavy atom. The minimum atomic E-state index is 0.722. The Morgan fingerprint density at radius 1 is 1.06 bits per heavy atom. The monoisotopic (exact) mass is 236 g/mol. The molecule has 4 nitrogen and oxygen atoms in total. The van der Waals surface area contributed by atoms with Crippen molar-refractivity contribution in [1.82, 2.24) is 4.90 Å². The molecule has 4 heteroatoms. The van der Waals surface area contributed by atoms with E-state index < -0.39 is 0 Å². The van der Waals surface area contributed by atoms with E-state index in [0.29, 0.717) is 0 Å². The summed E-state index contributed by atoms with van der Waals surface area (Å²) in [7, 11) is 3.46. The van der Waals surface area contributed by atoms with Gasteiger partial charge in [0.1, 0.15) is 5.75 Å². The number of anilines is 1. The summed E-state index contributed by atoms with van der Waals surface area (Å²) in [5.74, 6) is 0.952. The molecule has 17 heavy (non-hydrogen) atoms. The molecule has 1 aromatic rings. The summed E-state index contributed by atoms with van der Waals surface area (Å²) >= 11 is 0. The van der Waals surface area contributed by atoms with Gasteiger partial charge in [-0.1, -0.05) is 12.1 Å². The maximum absolute atomic E-state index is 5.39. The molecule has 2 rings (SSSR count). The standard InChI is InChI=1S/C13H20N2O2/c1-16-11-14-7-9-15(10-8-14)12-5-3-4-6-13(12)17-2/h3-6H,7-11H2,1-2H3. The van der Waals surface area contributed by atoms with Gasteiger partial charge in [0, 0.05) is 33.3 Å². The van der Waals surface area contributed by atoms with Crippen molar-refractivity contribution in [2.45, 2.75) is 0 Å². The molecule has 0 aromatic heterocycles. The first kappa shape index (κ1) is 12.2. The molecule has 0 aliphatic carbocycles. The van der Waals surface area contributed by atoms with Gasteiger partial charge in [-0.2, -0.15) is 0 Å². The van der Waals surface area contributed by atoms with Crippen molar-refractivity contribution in [1.29, 1.82) is 0 Å². The molecule has 1 saturated heterocycles. The molecule has 1 fully saturated rings. The fraction of sp³-hybridized carbons (Fsp3) is 0.538. The van der Waals surface area contributed by atoms with E-state index in [4.69, 9.17) is 9.47 Å². The Bertz CT molecular complexity index is 349. The number of benzene rings is 1. The van der Waals surface area contributed by atoms with Gasteiger partial charge in [-0.15, -0.1) is 0 Å². The lowest BCUT2D eigenvalue weighted by Crippen LogP contribution is -2.47. The van der Waals surface area contributed by atoms with E-state index in [-0.39, 0.29) is 0 Å². The molecule has 0 unspecified atom stereocenters. The highest BCUT2D eigenvalue weighted by Gasteiger charge is 2.18. The van der Waals surface area contributed by atoms with Crippen LogP contribution in [0.15, 0.2) is 24.3 Å². The molecule has 0 atom stereocenters. The number of piperazine rings is 1. The minimum Gasteiger partial charge on any atom is -0.495 e. The van der Waals surface area contributed by atoms with Crippen LogP contribution in [0, 0.1) is 0 Å². The van der Waals surface area contributed by atoms with Gasteiger partial charge in [0.05, 0.1) is 19.5 Å². The Kier molecular flexibility index (Phi) is 4.23. The maximum Gasteiger partial charge on any atom is 0.142 e. The predicted molar refractivity (Wildman–Crippen MR) is 68.7 cm³/mol. The smallest absolute Gasteiger partial charge is 0.142 e. The van der Waals surface area contributed by atoms with Crippen molar-refractivity contribution in [3.63, 3.8) is 0 Å². The molecular weight excluding hydrogens is 216 g/mol. The average molecular weight is 236 g/mol. The summed E-state index contributed by atoms with van der Waals surface area (Å²) in [5.41, 5.74) is 1.19. The summed E-state index contributed by atoms with van der Waals surface area (Å²) in [6.45, 7) is 4.82. The van der Waals surface area contributed by atoms with Crippen molar-refractivity contribution >= 4 is 5.69 Å². The highest BCUT2D eigenvalue weighted by Crippen LogP contribution is 2.28. The maximum atomic E-state index is 5.39. The van der Waals surface area contributed by atoms with Crippen LogP contribution in [-0.4, -0.2) is 52.0 Å². The molecule has 1 heterocycles. The van der Waals surface area contributed by atoms with Gasteiger partial charge in [-0.3, -0.25) is 4.90 Å². The zero-order chi connectivity index (χ0) is 12.1. The molecule has 1 aliphatic rings. The molecule has 0 radical (unpaired) electrons. The van der Waals surface area contributed by atoms with Gasteiger partial charge < -0.3 is 14.4 Å². The Morgan fingerprint density at radius 2 is 1.76 bits per heavy atom. The fourth-order valence-corrected chi connectivity index (χ4v) is 2.19. The third-order valence-electron chi connectivity index (χ3n) is 3.11. The van der Waals surface area contributed by atoms with Gasteiger partial charge >= 0.3 is 0 Å². The van der Waals surface area contributed by atoms with Crippen LogP contribution >= 0.6 is 0 Å². The lowest BCUT2D eigenvalue weighted by molar-refractivity contribution is 0.0595. The van der Waals surface area contributed by atoms with Gasteiger partial charge in [0.25, 0.3) is 0 Å². The van der Waals surface area contributed by atoms with Crippen LogP contribution in [0.5, 0.6) is 5.75 Å². The number of rotatable bonds is 4. The summed E-state index contributed by atoms with van der Waals surface area (Å²) in [6.07, 6.45) is 0. The number of para-hydroxylation sites is 2. The SMILES string of the molecule is COCN1CCN(c2ccccc2OC)CC1. The molecular formula is C13H20N2O2. The Balaban J connectivity index is 2.00. The van der Waals surface area contributed by atoms with E-state index in [1.807, 2.05) is 12.1 Å². The zero-order valence-corrected chi connectivity index (χ0v) is 10.6. The number of hydrogen-bond donors (Lipinski definition) is 0. The topological polar surface area (TPSA) is 24.9 Å². The first-order valence-electron chi connectivity index (χ1n) is 5.94. The van der Waals surface area contributed by atoms with Crippen LogP contribution in [0.4, 0.5) is 5.69 Å². The van der Waals surface area contributed by atoms with Gasteiger partial charge in [0.15, 0.2) is 0 Å². The summed E-state index contributed by atoms with van der Waals surface area (Å²) in [6, 6.07) is 8.19. The first-order chi connectivity index (χ1) is 8.35. The van der Waals surface area contributed by atoms with Crippen LogP contribution in [0.25, 0.3) is 0 Å². The molecule has 1 aliphatic heterocycles. The highest BCUT2D eigenvalue weighted by molar-refractivity contribution is 5.58. The predicted octanol–water partition coefficient (Wildman–Crippen LogP) is 1.42. The normalized spacial score (nSPS) is 17.2. The summed E-state index contributed by atoms with van der Waals surface area (Å²) in [5, 5.41) is 0. The van der Waals surface area contributed by atoms with Crippen molar-refractivity contribution in [2.75, 3.05) is 52.0 Å². The number of hydrogen-bond acceptors (Lipinski definition) is 4. The highest BCUT2D eigenvalue weighted by atomic mass is 16.5. The van der Waals surface area contributed by atoms with E-state index >= 15 is 0 Å². The average Bonchev–Trinajstić information content (AvgIpc) is 2.40. The molecule has 0 spiro atoms. The second kappa shape index (κ2) is 5.89. The Labute approximate surface area is 103 Å². The van der Waals surface area contributed by atoms with Gasteiger partial charge in [-0.05, 0) is 12.1 Å². The van der Waals surface area contributed by atoms with Crippen LogP contribution in [0.1, 0.15) is 0 Å². The van der Waals surface area contributed by atoms with E-state index in [2.05, 4.69) is 21.9 Å². The molecule has 1 aromatic carbocycles. The lowest BCUT2D eigenvalue weighted by Gasteiger charge is -2.36. The largest absolute Gasteiger partial charge is 0.495 e. The van der Waals surface area contributed by atoms with Crippen LogP contribution in [0.2, 0.25) is 0 Å². The van der Waals surface area contributed by atoms with E-state index in [0.717, 1.165) is 38.7 Å². The van der Waals surface area contributed by atoms with Crippen molar-refractivity contribution in [3.05, 3.63) is 24.3 Å². The van der Waals surface area contributed by atoms with Crippen LogP contribution in [0.3, 0.4) is 0 Å². The molecule has 0 amide bonds. The molecule has 94 valence electrons. The van der Waals surface area contributed by atoms with Crippen molar-refractivity contribution in [3.8, 4) is 5.75 Å². The fourth-order valence-electron chi connectivity index (χ4n) is 2.19. The van der Waals surface area contributed by atoms with Gasteiger partial charge in [-0.25, -0.2) is 0 Å². The van der Waals surface area contributed by atoms with Crippen molar-refractivity contribution in [2.24, 2.45) is 0 Å². The molecule has 0 saturated carbocycles. The van der Waals surface area contributed by atoms with Gasteiger partial charge in [0.2, 0.25) is 0 Å². The van der Waals surface area contributed by atoms with Crippen LogP contribution < -0.4 is 9.64 Å². The summed E-state index contributed by atoms with van der Waals surface area (Å²) in [4.78, 5) is 4.68. The molecule has 0 bridgehead atoms. The minimum absolute atomic E-state index is 0.722. The molecule has 0 N–H and O–H groups in total. The number of ether oxygens (including phenoxy) is 2. The third kappa shape index (κ3) is 2.90. The Hall–Kier alpha value is -1.26. The lowest BCUT2D eigenvalue weighted by atomic mass is 10.2. The first-order valence-corrected chi connectivity index (χ1v) is 5.94. The third-order valence-corrected chi connectivity index (χ3v) is 3.11. The van der Waals surface area contributed by atoms with E-state index in [1.165, 1.54) is 5.69 Å². The van der Waals surface area contributed by atoms with Crippen LogP contribution in [-0.2, 0) is 4.74 Å². The second-order valence-corrected chi connectivity index (χ2v) is 4.19. The van der Waals surface area contributed by atoms with E-state index in [1.54, 1.807) is 14.2 Å². The second-order valence-electron chi connectivity index (χ2n) is 4.19. The number of nitrogens with zero attached hydrogens (tertiary/aromatic N) is 2. The van der Waals surface area contributed by atoms with Crippen molar-refractivity contribution < 1.29 is 9.47 Å². The zero-order valence-electron chi connectivity index (χ0n) is 10.6. The quantitative estimate of drug-likeness (QED) is 0.789. The van der Waals surface area contributed by atoms with E-state index in [9.17, 15) is 0 Å². The summed E-state index contributed by atoms with van der Waals surface area (Å²) < 4.78 is 10.5.